The monoisotopic (exact) mass is 305 g/mol. The van der Waals surface area contributed by atoms with Gasteiger partial charge >= 0.3 is 0 Å². The molecule has 2 aromatic rings. The van der Waals surface area contributed by atoms with Crippen LogP contribution in [0.15, 0.2) is 30.3 Å². The van der Waals surface area contributed by atoms with Crippen LogP contribution in [0.4, 0.5) is 5.82 Å². The highest BCUT2D eigenvalue weighted by Gasteiger charge is 2.11. The minimum atomic E-state index is -0.242. The van der Waals surface area contributed by atoms with Crippen molar-refractivity contribution in [2.24, 2.45) is 0 Å². The standard InChI is InChI=1S/C15H16ClN3O2/c1-9-6-10(7-14(17)19-9)15(20)18-8-11-12(16)4-3-5-13(11)21-2/h3-7H,8H2,1-2H3,(H2,17,19)(H,18,20). The number of halogens is 1. The molecule has 0 saturated heterocycles. The van der Waals surface area contributed by atoms with Crippen molar-refractivity contribution in [2.45, 2.75) is 13.5 Å². The first-order valence-corrected chi connectivity index (χ1v) is 6.73. The second-order valence-corrected chi connectivity index (χ2v) is 4.93. The zero-order chi connectivity index (χ0) is 15.4. The molecule has 110 valence electrons. The van der Waals surface area contributed by atoms with E-state index in [2.05, 4.69) is 10.3 Å². The lowest BCUT2D eigenvalue weighted by Gasteiger charge is -2.11. The van der Waals surface area contributed by atoms with Gasteiger partial charge in [-0.05, 0) is 31.2 Å². The highest BCUT2D eigenvalue weighted by Crippen LogP contribution is 2.26. The number of pyridine rings is 1. The van der Waals surface area contributed by atoms with Crippen LogP contribution < -0.4 is 15.8 Å². The number of benzene rings is 1. The molecule has 0 fully saturated rings. The van der Waals surface area contributed by atoms with E-state index in [9.17, 15) is 4.79 Å². The minimum absolute atomic E-state index is 0.242. The predicted molar refractivity (Wildman–Crippen MR) is 82.6 cm³/mol. The van der Waals surface area contributed by atoms with Crippen molar-refractivity contribution in [1.29, 1.82) is 0 Å². The van der Waals surface area contributed by atoms with Crippen molar-refractivity contribution in [1.82, 2.24) is 10.3 Å². The molecule has 1 aromatic heterocycles. The Bertz CT molecular complexity index is 654. The Kier molecular flexibility index (Phi) is 4.65. The molecule has 0 spiro atoms. The van der Waals surface area contributed by atoms with Gasteiger partial charge in [-0.1, -0.05) is 17.7 Å². The normalized spacial score (nSPS) is 10.2. The highest BCUT2D eigenvalue weighted by atomic mass is 35.5. The number of aryl methyl sites for hydroxylation is 1. The Morgan fingerprint density at radius 2 is 2.19 bits per heavy atom. The van der Waals surface area contributed by atoms with Gasteiger partial charge in [0.05, 0.1) is 7.11 Å². The van der Waals surface area contributed by atoms with Crippen LogP contribution in [0.5, 0.6) is 5.75 Å². The minimum Gasteiger partial charge on any atom is -0.496 e. The van der Waals surface area contributed by atoms with Gasteiger partial charge in [-0.15, -0.1) is 0 Å². The Morgan fingerprint density at radius 3 is 2.86 bits per heavy atom. The summed E-state index contributed by atoms with van der Waals surface area (Å²) in [5.41, 5.74) is 7.53. The van der Waals surface area contributed by atoms with Crippen molar-refractivity contribution in [3.05, 3.63) is 52.2 Å². The van der Waals surface area contributed by atoms with Crippen molar-refractivity contribution >= 4 is 23.3 Å². The van der Waals surface area contributed by atoms with Crippen LogP contribution >= 0.6 is 11.6 Å². The van der Waals surface area contributed by atoms with Crippen LogP contribution in [0, 0.1) is 6.92 Å². The first-order valence-electron chi connectivity index (χ1n) is 6.35. The van der Waals surface area contributed by atoms with Crippen LogP contribution in [0.3, 0.4) is 0 Å². The van der Waals surface area contributed by atoms with Gasteiger partial charge in [-0.2, -0.15) is 0 Å². The van der Waals surface area contributed by atoms with Crippen molar-refractivity contribution in [3.8, 4) is 5.75 Å². The van der Waals surface area contributed by atoms with E-state index in [0.717, 1.165) is 5.56 Å². The molecule has 5 nitrogen and oxygen atoms in total. The molecule has 0 radical (unpaired) electrons. The van der Waals surface area contributed by atoms with Crippen molar-refractivity contribution < 1.29 is 9.53 Å². The van der Waals surface area contributed by atoms with Crippen LogP contribution in [-0.4, -0.2) is 18.0 Å². The largest absolute Gasteiger partial charge is 0.496 e. The second kappa shape index (κ2) is 6.45. The van der Waals surface area contributed by atoms with Gasteiger partial charge in [0.1, 0.15) is 11.6 Å². The number of carbonyl (C=O) groups excluding carboxylic acids is 1. The van der Waals surface area contributed by atoms with Crippen molar-refractivity contribution in [3.63, 3.8) is 0 Å². The first-order chi connectivity index (χ1) is 10.0. The van der Waals surface area contributed by atoms with Crippen molar-refractivity contribution in [2.75, 3.05) is 12.8 Å². The second-order valence-electron chi connectivity index (χ2n) is 4.53. The average Bonchev–Trinajstić information content (AvgIpc) is 2.44. The molecule has 0 aliphatic heterocycles. The van der Waals surface area contributed by atoms with Crippen LogP contribution in [0.1, 0.15) is 21.6 Å². The molecule has 0 aliphatic rings. The molecule has 2 rings (SSSR count). The lowest BCUT2D eigenvalue weighted by Crippen LogP contribution is -2.23. The molecule has 6 heteroatoms. The summed E-state index contributed by atoms with van der Waals surface area (Å²) in [5, 5.41) is 3.34. The number of amides is 1. The number of ether oxygens (including phenoxy) is 1. The summed E-state index contributed by atoms with van der Waals surface area (Å²) in [6.45, 7) is 2.05. The number of hydrogen-bond donors (Lipinski definition) is 2. The molecule has 0 unspecified atom stereocenters. The molecule has 1 amide bonds. The number of nitrogens with two attached hydrogens (primary N) is 1. The third kappa shape index (κ3) is 3.64. The zero-order valence-electron chi connectivity index (χ0n) is 11.8. The van der Waals surface area contributed by atoms with E-state index in [4.69, 9.17) is 22.1 Å². The molecule has 0 aliphatic carbocycles. The topological polar surface area (TPSA) is 77.2 Å². The van der Waals surface area contributed by atoms with E-state index >= 15 is 0 Å². The quantitative estimate of drug-likeness (QED) is 0.910. The molecule has 0 bridgehead atoms. The van der Waals surface area contributed by atoms with Gasteiger partial charge in [0.2, 0.25) is 0 Å². The fourth-order valence-corrected chi connectivity index (χ4v) is 2.23. The predicted octanol–water partition coefficient (Wildman–Crippen LogP) is 2.56. The van der Waals surface area contributed by atoms with Gasteiger partial charge < -0.3 is 15.8 Å². The SMILES string of the molecule is COc1cccc(Cl)c1CNC(=O)c1cc(C)nc(N)c1. The number of nitrogens with one attached hydrogen (secondary N) is 1. The molecular weight excluding hydrogens is 290 g/mol. The molecule has 0 saturated carbocycles. The van der Waals surface area contributed by atoms with E-state index in [1.165, 1.54) is 6.07 Å². The molecular formula is C15H16ClN3O2. The van der Waals surface area contributed by atoms with E-state index in [1.54, 1.807) is 38.3 Å². The van der Waals surface area contributed by atoms with Crippen LogP contribution in [0.2, 0.25) is 5.02 Å². The summed E-state index contributed by atoms with van der Waals surface area (Å²) in [6, 6.07) is 8.54. The Hall–Kier alpha value is -2.27. The number of nitrogens with zero attached hydrogens (tertiary/aromatic N) is 1. The molecule has 1 heterocycles. The van der Waals surface area contributed by atoms with Crippen LogP contribution in [0.25, 0.3) is 0 Å². The number of methoxy groups -OCH3 is 1. The molecule has 1 aromatic carbocycles. The number of nitrogen functional groups attached to an aromatic ring is 1. The summed E-state index contributed by atoms with van der Waals surface area (Å²) in [6.07, 6.45) is 0. The van der Waals surface area contributed by atoms with E-state index in [-0.39, 0.29) is 12.5 Å². The molecule has 3 N–H and O–H groups in total. The Labute approximate surface area is 128 Å². The van der Waals surface area contributed by atoms with E-state index in [1.807, 2.05) is 0 Å². The van der Waals surface area contributed by atoms with Gasteiger partial charge in [0.25, 0.3) is 5.91 Å². The summed E-state index contributed by atoms with van der Waals surface area (Å²) in [7, 11) is 1.56. The number of hydrogen-bond acceptors (Lipinski definition) is 4. The number of carbonyl (C=O) groups is 1. The van der Waals surface area contributed by atoms with Gasteiger partial charge in [-0.25, -0.2) is 4.98 Å². The third-order valence-corrected chi connectivity index (χ3v) is 3.31. The summed E-state index contributed by atoms with van der Waals surface area (Å²) in [5.74, 6) is 0.706. The van der Waals surface area contributed by atoms with Gasteiger partial charge in [0.15, 0.2) is 0 Å². The lowest BCUT2D eigenvalue weighted by atomic mass is 10.1. The molecule has 21 heavy (non-hydrogen) atoms. The van der Waals surface area contributed by atoms with Crippen LogP contribution in [-0.2, 0) is 6.54 Å². The summed E-state index contributed by atoms with van der Waals surface area (Å²) >= 11 is 6.13. The summed E-state index contributed by atoms with van der Waals surface area (Å²) < 4.78 is 5.24. The molecule has 0 atom stereocenters. The first kappa shape index (κ1) is 15.1. The van der Waals surface area contributed by atoms with E-state index in [0.29, 0.717) is 27.8 Å². The smallest absolute Gasteiger partial charge is 0.251 e. The number of anilines is 1. The van der Waals surface area contributed by atoms with Gasteiger partial charge in [-0.3, -0.25) is 4.79 Å². The van der Waals surface area contributed by atoms with Gasteiger partial charge in [0, 0.05) is 28.4 Å². The Morgan fingerprint density at radius 1 is 1.43 bits per heavy atom. The maximum absolute atomic E-state index is 12.2. The number of aromatic nitrogens is 1. The van der Waals surface area contributed by atoms with E-state index < -0.39 is 0 Å². The zero-order valence-corrected chi connectivity index (χ0v) is 12.6. The highest BCUT2D eigenvalue weighted by molar-refractivity contribution is 6.31. The fourth-order valence-electron chi connectivity index (χ4n) is 2.00. The fraction of sp³-hybridized carbons (Fsp3) is 0.200. The maximum Gasteiger partial charge on any atom is 0.251 e. The third-order valence-electron chi connectivity index (χ3n) is 2.96. The lowest BCUT2D eigenvalue weighted by molar-refractivity contribution is 0.0950. The average molecular weight is 306 g/mol. The maximum atomic E-state index is 12.2. The number of rotatable bonds is 4. The Balaban J connectivity index is 2.15. The summed E-state index contributed by atoms with van der Waals surface area (Å²) in [4.78, 5) is 16.2.